The number of carbonyl (C=O) groups is 1. The lowest BCUT2D eigenvalue weighted by Crippen LogP contribution is -2.50. The summed E-state index contributed by atoms with van der Waals surface area (Å²) in [5.41, 5.74) is 0. The highest BCUT2D eigenvalue weighted by molar-refractivity contribution is 6.32. The number of piperazine rings is 1. The van der Waals surface area contributed by atoms with Crippen molar-refractivity contribution in [3.05, 3.63) is 29.3 Å². The van der Waals surface area contributed by atoms with Gasteiger partial charge in [0.2, 0.25) is 5.91 Å². The van der Waals surface area contributed by atoms with Crippen molar-refractivity contribution in [1.29, 1.82) is 0 Å². The number of hydrogen-bond donors (Lipinski definition) is 0. The Kier molecular flexibility index (Phi) is 6.96. The average Bonchev–Trinajstić information content (AvgIpc) is 2.65. The van der Waals surface area contributed by atoms with Gasteiger partial charge in [-0.15, -0.1) is 0 Å². The fraction of sp³-hybridized carbons (Fsp3) is 0.632. The van der Waals surface area contributed by atoms with Gasteiger partial charge < -0.3 is 14.4 Å². The Hall–Kier alpha value is -1.30. The van der Waals surface area contributed by atoms with Gasteiger partial charge in [-0.25, -0.2) is 0 Å². The van der Waals surface area contributed by atoms with E-state index >= 15 is 0 Å². The summed E-state index contributed by atoms with van der Waals surface area (Å²) >= 11 is 6.09. The van der Waals surface area contributed by atoms with E-state index in [2.05, 4.69) is 4.90 Å². The van der Waals surface area contributed by atoms with Crippen LogP contribution < -0.4 is 4.74 Å². The van der Waals surface area contributed by atoms with Crippen molar-refractivity contribution < 1.29 is 14.3 Å². The van der Waals surface area contributed by atoms with E-state index in [0.29, 0.717) is 18.1 Å². The third-order valence-electron chi connectivity index (χ3n) is 4.90. The molecule has 1 amide bonds. The first-order valence-corrected chi connectivity index (χ1v) is 9.59. The maximum atomic E-state index is 12.4. The molecule has 138 valence electrons. The number of ether oxygens (including phenoxy) is 2. The SMILES string of the molecule is O=C(CC1CCCCO1)N1CCN(CCOc2ccccc2Cl)CC1. The van der Waals surface area contributed by atoms with E-state index in [1.54, 1.807) is 0 Å². The number of hydrogen-bond acceptors (Lipinski definition) is 4. The Bertz CT molecular complexity index is 555. The molecule has 0 aromatic heterocycles. The summed E-state index contributed by atoms with van der Waals surface area (Å²) in [6.07, 6.45) is 3.99. The number of para-hydroxylation sites is 1. The van der Waals surface area contributed by atoms with E-state index in [1.807, 2.05) is 29.2 Å². The van der Waals surface area contributed by atoms with E-state index in [4.69, 9.17) is 21.1 Å². The maximum Gasteiger partial charge on any atom is 0.225 e. The van der Waals surface area contributed by atoms with Gasteiger partial charge in [0.25, 0.3) is 0 Å². The highest BCUT2D eigenvalue weighted by Gasteiger charge is 2.24. The average molecular weight is 367 g/mol. The van der Waals surface area contributed by atoms with Crippen LogP contribution in [0.1, 0.15) is 25.7 Å². The van der Waals surface area contributed by atoms with Gasteiger partial charge in [-0.1, -0.05) is 23.7 Å². The molecule has 0 spiro atoms. The van der Waals surface area contributed by atoms with Crippen molar-refractivity contribution in [2.45, 2.75) is 31.8 Å². The summed E-state index contributed by atoms with van der Waals surface area (Å²) in [6, 6.07) is 7.52. The second-order valence-electron chi connectivity index (χ2n) is 6.69. The van der Waals surface area contributed by atoms with E-state index in [1.165, 1.54) is 6.42 Å². The molecule has 2 saturated heterocycles. The zero-order valence-corrected chi connectivity index (χ0v) is 15.4. The Labute approximate surface area is 154 Å². The van der Waals surface area contributed by atoms with E-state index in [-0.39, 0.29) is 12.0 Å². The molecule has 0 radical (unpaired) electrons. The minimum atomic E-state index is 0.128. The molecule has 0 aliphatic carbocycles. The number of nitrogens with zero attached hydrogens (tertiary/aromatic N) is 2. The van der Waals surface area contributed by atoms with Crippen LogP contribution in [-0.4, -0.2) is 67.7 Å². The van der Waals surface area contributed by atoms with Gasteiger partial charge in [0.15, 0.2) is 0 Å². The van der Waals surface area contributed by atoms with Crippen LogP contribution >= 0.6 is 11.6 Å². The summed E-state index contributed by atoms with van der Waals surface area (Å²) in [5, 5.41) is 0.642. The minimum Gasteiger partial charge on any atom is -0.491 e. The third-order valence-corrected chi connectivity index (χ3v) is 5.22. The second kappa shape index (κ2) is 9.41. The van der Waals surface area contributed by atoms with Crippen LogP contribution in [0.4, 0.5) is 0 Å². The molecule has 5 nitrogen and oxygen atoms in total. The van der Waals surface area contributed by atoms with Crippen molar-refractivity contribution in [1.82, 2.24) is 9.80 Å². The number of amides is 1. The lowest BCUT2D eigenvalue weighted by atomic mass is 10.1. The van der Waals surface area contributed by atoms with Crippen molar-refractivity contribution in [3.63, 3.8) is 0 Å². The lowest BCUT2D eigenvalue weighted by molar-refractivity contribution is -0.136. The predicted octanol–water partition coefficient (Wildman–Crippen LogP) is 2.82. The number of halogens is 1. The van der Waals surface area contributed by atoms with Gasteiger partial charge in [0.1, 0.15) is 12.4 Å². The summed E-state index contributed by atoms with van der Waals surface area (Å²) in [4.78, 5) is 16.7. The van der Waals surface area contributed by atoms with Crippen molar-refractivity contribution in [2.24, 2.45) is 0 Å². The molecule has 2 aliphatic heterocycles. The predicted molar refractivity (Wildman–Crippen MR) is 98.2 cm³/mol. The molecule has 1 atom stereocenters. The highest BCUT2D eigenvalue weighted by Crippen LogP contribution is 2.23. The van der Waals surface area contributed by atoms with E-state index < -0.39 is 0 Å². The molecule has 2 fully saturated rings. The summed E-state index contributed by atoms with van der Waals surface area (Å²) < 4.78 is 11.4. The summed E-state index contributed by atoms with van der Waals surface area (Å²) in [7, 11) is 0. The zero-order chi connectivity index (χ0) is 17.5. The van der Waals surface area contributed by atoms with Crippen LogP contribution in [-0.2, 0) is 9.53 Å². The third kappa shape index (κ3) is 5.59. The standard InChI is InChI=1S/C19H27ClN2O3/c20-17-6-1-2-7-18(17)25-14-12-21-8-10-22(11-9-21)19(23)15-16-5-3-4-13-24-16/h1-2,6-7,16H,3-5,8-15H2. The molecule has 1 aromatic rings. The molecule has 1 unspecified atom stereocenters. The first-order valence-electron chi connectivity index (χ1n) is 9.21. The fourth-order valence-corrected chi connectivity index (χ4v) is 3.55. The van der Waals surface area contributed by atoms with Gasteiger partial charge >= 0.3 is 0 Å². The van der Waals surface area contributed by atoms with Crippen molar-refractivity contribution in [2.75, 3.05) is 45.9 Å². The Morgan fingerprint density at radius 1 is 1.20 bits per heavy atom. The van der Waals surface area contributed by atoms with Gasteiger partial charge in [0, 0.05) is 39.3 Å². The Morgan fingerprint density at radius 3 is 2.72 bits per heavy atom. The molecule has 0 N–H and O–H groups in total. The Balaban J connectivity index is 1.34. The molecule has 3 rings (SSSR count). The van der Waals surface area contributed by atoms with E-state index in [9.17, 15) is 4.79 Å². The normalized spacial score (nSPS) is 22.0. The molecule has 0 saturated carbocycles. The van der Waals surface area contributed by atoms with Crippen LogP contribution in [0.3, 0.4) is 0 Å². The number of carbonyl (C=O) groups excluding carboxylic acids is 1. The van der Waals surface area contributed by atoms with Gasteiger partial charge in [-0.2, -0.15) is 0 Å². The zero-order valence-electron chi connectivity index (χ0n) is 14.7. The molecule has 25 heavy (non-hydrogen) atoms. The molecule has 1 aromatic carbocycles. The monoisotopic (exact) mass is 366 g/mol. The molecule has 2 heterocycles. The fourth-order valence-electron chi connectivity index (χ4n) is 3.36. The topological polar surface area (TPSA) is 42.0 Å². The number of benzene rings is 1. The van der Waals surface area contributed by atoms with Gasteiger partial charge in [-0.05, 0) is 31.4 Å². The number of rotatable bonds is 6. The molecule has 0 bridgehead atoms. The smallest absolute Gasteiger partial charge is 0.225 e. The molecule has 6 heteroatoms. The van der Waals surface area contributed by atoms with Crippen LogP contribution in [0.2, 0.25) is 5.02 Å². The molecule has 2 aliphatic rings. The highest BCUT2D eigenvalue weighted by atomic mass is 35.5. The Morgan fingerprint density at radius 2 is 2.00 bits per heavy atom. The van der Waals surface area contributed by atoms with Gasteiger partial charge in [0.05, 0.1) is 17.5 Å². The lowest BCUT2D eigenvalue weighted by Gasteiger charge is -2.35. The quantitative estimate of drug-likeness (QED) is 0.776. The largest absolute Gasteiger partial charge is 0.491 e. The first kappa shape index (κ1) is 18.5. The van der Waals surface area contributed by atoms with Crippen LogP contribution in [0, 0.1) is 0 Å². The van der Waals surface area contributed by atoms with Crippen LogP contribution in [0.15, 0.2) is 24.3 Å². The maximum absolute atomic E-state index is 12.4. The molecular weight excluding hydrogens is 340 g/mol. The van der Waals surface area contributed by atoms with Crippen molar-refractivity contribution in [3.8, 4) is 5.75 Å². The van der Waals surface area contributed by atoms with Crippen LogP contribution in [0.5, 0.6) is 5.75 Å². The second-order valence-corrected chi connectivity index (χ2v) is 7.10. The van der Waals surface area contributed by atoms with Gasteiger partial charge in [-0.3, -0.25) is 9.69 Å². The molecular formula is C19H27ClN2O3. The van der Waals surface area contributed by atoms with Crippen molar-refractivity contribution >= 4 is 17.5 Å². The van der Waals surface area contributed by atoms with E-state index in [0.717, 1.165) is 57.9 Å². The first-order chi connectivity index (χ1) is 12.2. The summed E-state index contributed by atoms with van der Waals surface area (Å²) in [6.45, 7) is 5.62. The minimum absolute atomic E-state index is 0.128. The van der Waals surface area contributed by atoms with Crippen LogP contribution in [0.25, 0.3) is 0 Å². The summed E-state index contributed by atoms with van der Waals surface area (Å²) in [5.74, 6) is 0.962.